The minimum absolute atomic E-state index is 0. The van der Waals surface area contributed by atoms with Crippen molar-refractivity contribution in [2.45, 2.75) is 106 Å². The van der Waals surface area contributed by atoms with E-state index in [1.807, 2.05) is 52.0 Å². The molecule has 0 unspecified atom stereocenters. The topological polar surface area (TPSA) is 63.1 Å². The fourth-order valence-corrected chi connectivity index (χ4v) is 6.39. The van der Waals surface area contributed by atoms with Gasteiger partial charge in [0.05, 0.1) is 5.76 Å². The van der Waals surface area contributed by atoms with E-state index in [1.165, 1.54) is 28.0 Å². The van der Waals surface area contributed by atoms with Crippen molar-refractivity contribution in [3.63, 3.8) is 0 Å². The first-order valence-electron chi connectivity index (χ1n) is 19.0. The van der Waals surface area contributed by atoms with E-state index in [1.54, 1.807) is 0 Å². The quantitative estimate of drug-likeness (QED) is 0.0493. The first kappa shape index (κ1) is 42.5. The SMILES string of the molecule is CCC(CC)C(=O)/C=C(\O)C(CC)CC.Cc1c[c-]c(-c2nc(CCCCc3cccc(-c4[c-]cccc4)n3)cc3cc(C(C)C)ccc23)cc1.[Ir]. The molecule has 5 heteroatoms. The van der Waals surface area contributed by atoms with Crippen LogP contribution in [-0.2, 0) is 37.7 Å². The van der Waals surface area contributed by atoms with E-state index in [-0.39, 0.29) is 43.5 Å². The molecule has 0 aliphatic rings. The fraction of sp³-hybridized carbons (Fsp3) is 0.383. The summed E-state index contributed by atoms with van der Waals surface area (Å²) in [7, 11) is 0. The van der Waals surface area contributed by atoms with Gasteiger partial charge in [-0.05, 0) is 97.1 Å². The Bertz CT molecular complexity index is 1860. The van der Waals surface area contributed by atoms with Crippen LogP contribution in [0.3, 0.4) is 0 Å². The molecule has 1 radical (unpaired) electrons. The molecule has 2 heterocycles. The zero-order chi connectivity index (χ0) is 36.8. The van der Waals surface area contributed by atoms with E-state index in [0.29, 0.717) is 5.92 Å². The number of carbonyl (C=O) groups is 1. The Morgan fingerprint density at radius 3 is 2.10 bits per heavy atom. The molecule has 1 N–H and O–H groups in total. The molecule has 2 aromatic heterocycles. The first-order valence-corrected chi connectivity index (χ1v) is 19.0. The van der Waals surface area contributed by atoms with Gasteiger partial charge in [0.1, 0.15) is 0 Å². The van der Waals surface area contributed by atoms with Crippen molar-refractivity contribution in [2.24, 2.45) is 11.8 Å². The summed E-state index contributed by atoms with van der Waals surface area (Å²) in [5, 5.41) is 12.2. The van der Waals surface area contributed by atoms with Crippen LogP contribution in [0.15, 0.2) is 96.8 Å². The van der Waals surface area contributed by atoms with Gasteiger partial charge in [-0.15, -0.1) is 71.3 Å². The number of benzene rings is 3. The zero-order valence-corrected chi connectivity index (χ0v) is 34.5. The van der Waals surface area contributed by atoms with Crippen LogP contribution >= 0.6 is 0 Å². The molecule has 0 saturated heterocycles. The number of allylic oxidation sites excluding steroid dienone is 2. The van der Waals surface area contributed by atoms with Crippen molar-refractivity contribution in [1.82, 2.24) is 9.97 Å². The number of aliphatic hydroxyl groups is 1. The van der Waals surface area contributed by atoms with Gasteiger partial charge >= 0.3 is 0 Å². The van der Waals surface area contributed by atoms with Crippen LogP contribution in [0.1, 0.15) is 109 Å². The average Bonchev–Trinajstić information content (AvgIpc) is 3.15. The largest absolute Gasteiger partial charge is 0.512 e. The molecule has 0 saturated carbocycles. The number of rotatable bonds is 15. The van der Waals surface area contributed by atoms with E-state index in [0.717, 1.165) is 85.3 Å². The molecule has 0 aliphatic carbocycles. The summed E-state index contributed by atoms with van der Waals surface area (Å²) in [6.45, 7) is 14.7. The van der Waals surface area contributed by atoms with E-state index in [9.17, 15) is 9.90 Å². The van der Waals surface area contributed by atoms with Crippen molar-refractivity contribution in [1.29, 1.82) is 0 Å². The molecule has 0 bridgehead atoms. The minimum atomic E-state index is 0. The Labute approximate surface area is 326 Å². The second-order valence-corrected chi connectivity index (χ2v) is 13.9. The van der Waals surface area contributed by atoms with Crippen LogP contribution in [-0.4, -0.2) is 20.9 Å². The molecule has 0 amide bonds. The summed E-state index contributed by atoms with van der Waals surface area (Å²) in [6.07, 6.45) is 8.97. The monoisotopic (exact) mass is 873 g/mol. The average molecular weight is 873 g/mol. The maximum Gasteiger partial charge on any atom is 0.162 e. The van der Waals surface area contributed by atoms with Crippen LogP contribution < -0.4 is 0 Å². The Kier molecular flexibility index (Phi) is 17.6. The van der Waals surface area contributed by atoms with Gasteiger partial charge in [-0.3, -0.25) is 4.79 Å². The number of aromatic nitrogens is 2. The standard InChI is InChI=1S/C34H32N2.C13H24O2.Ir/c1-24(2)28-20-21-32-29(22-28)23-31(36-34(32)27-18-16-25(3)17-19-27)13-8-7-12-30-14-9-15-33(35-30)26-10-5-4-6-11-26;1-5-10(6-2)12(14)9-13(15)11(7-3)8-4;/h4-6,9-10,14-18,20-24H,7-8,12-13H2,1-3H3;9-11,14H,5-8H2,1-4H3;/q-2;;/b;12-9-;. The molecule has 277 valence electrons. The third-order valence-corrected chi connectivity index (χ3v) is 9.79. The van der Waals surface area contributed by atoms with Crippen LogP contribution in [0, 0.1) is 30.9 Å². The third kappa shape index (κ3) is 12.1. The predicted molar refractivity (Wildman–Crippen MR) is 214 cm³/mol. The van der Waals surface area contributed by atoms with Crippen LogP contribution in [0.4, 0.5) is 0 Å². The summed E-state index contributed by atoms with van der Waals surface area (Å²) >= 11 is 0. The van der Waals surface area contributed by atoms with Crippen LogP contribution in [0.25, 0.3) is 33.3 Å². The molecule has 4 nitrogen and oxygen atoms in total. The van der Waals surface area contributed by atoms with Gasteiger partial charge in [0.2, 0.25) is 0 Å². The predicted octanol–water partition coefficient (Wildman–Crippen LogP) is 12.4. The van der Waals surface area contributed by atoms with Crippen LogP contribution in [0.2, 0.25) is 0 Å². The Morgan fingerprint density at radius 1 is 0.769 bits per heavy atom. The molecular weight excluding hydrogens is 817 g/mol. The summed E-state index contributed by atoms with van der Waals surface area (Å²) in [5.74, 6) is 1.04. The van der Waals surface area contributed by atoms with Gasteiger partial charge in [0.25, 0.3) is 0 Å². The van der Waals surface area contributed by atoms with E-state index in [2.05, 4.69) is 93.6 Å². The summed E-state index contributed by atoms with van der Waals surface area (Å²) in [4.78, 5) is 21.7. The first-order chi connectivity index (χ1) is 24.7. The summed E-state index contributed by atoms with van der Waals surface area (Å²) < 4.78 is 0. The molecule has 0 atom stereocenters. The number of hydrogen-bond acceptors (Lipinski definition) is 4. The van der Waals surface area contributed by atoms with E-state index < -0.39 is 0 Å². The maximum absolute atomic E-state index is 11.7. The Morgan fingerprint density at radius 2 is 1.48 bits per heavy atom. The van der Waals surface area contributed by atoms with Crippen molar-refractivity contribution in [2.75, 3.05) is 0 Å². The number of ketones is 1. The molecule has 0 fully saturated rings. The number of aliphatic hydroxyl groups excluding tert-OH is 1. The molecule has 5 rings (SSSR count). The summed E-state index contributed by atoms with van der Waals surface area (Å²) in [6, 6.07) is 36.4. The Hall–Kier alpha value is -3.92. The van der Waals surface area contributed by atoms with Gasteiger partial charge in [-0.1, -0.05) is 78.8 Å². The van der Waals surface area contributed by atoms with Gasteiger partial charge in [-0.2, -0.15) is 0 Å². The third-order valence-electron chi connectivity index (χ3n) is 9.79. The number of fused-ring (bicyclic) bond motifs is 1. The normalized spacial score (nSPS) is 11.5. The van der Waals surface area contributed by atoms with Crippen LogP contribution in [0.5, 0.6) is 0 Å². The molecule has 3 aromatic carbocycles. The molecule has 0 aliphatic heterocycles. The number of unbranched alkanes of at least 4 members (excludes halogenated alkanes) is 1. The summed E-state index contributed by atoms with van der Waals surface area (Å²) in [5.41, 5.74) is 8.98. The molecule has 5 aromatic rings. The molecular formula is C47H56IrN2O2-2. The fourth-order valence-electron chi connectivity index (χ4n) is 6.39. The number of hydrogen-bond donors (Lipinski definition) is 1. The molecule has 0 spiro atoms. The zero-order valence-electron chi connectivity index (χ0n) is 32.1. The van der Waals surface area contributed by atoms with E-state index >= 15 is 0 Å². The number of aryl methyl sites for hydroxylation is 3. The minimum Gasteiger partial charge on any atom is -0.512 e. The van der Waals surface area contributed by atoms with Gasteiger partial charge in [0.15, 0.2) is 5.78 Å². The second-order valence-electron chi connectivity index (χ2n) is 13.9. The number of pyridine rings is 2. The number of nitrogens with zero attached hydrogens (tertiary/aromatic N) is 2. The van der Waals surface area contributed by atoms with Gasteiger partial charge in [0, 0.05) is 49.4 Å². The Balaban J connectivity index is 0.000000389. The maximum atomic E-state index is 11.7. The van der Waals surface area contributed by atoms with Gasteiger partial charge in [-0.25, -0.2) is 0 Å². The second kappa shape index (κ2) is 21.6. The molecule has 52 heavy (non-hydrogen) atoms. The van der Waals surface area contributed by atoms with Crippen molar-refractivity contribution < 1.29 is 30.0 Å². The van der Waals surface area contributed by atoms with Crippen molar-refractivity contribution >= 4 is 16.6 Å². The van der Waals surface area contributed by atoms with Gasteiger partial charge < -0.3 is 15.1 Å². The number of carbonyl (C=O) groups excluding carboxylic acids is 1. The smallest absolute Gasteiger partial charge is 0.162 e. The van der Waals surface area contributed by atoms with E-state index in [4.69, 9.17) is 9.97 Å². The van der Waals surface area contributed by atoms with Crippen molar-refractivity contribution in [3.05, 3.63) is 131 Å². The van der Waals surface area contributed by atoms with Crippen molar-refractivity contribution in [3.8, 4) is 22.5 Å².